The quantitative estimate of drug-likeness (QED) is 0.637. The van der Waals surface area contributed by atoms with Gasteiger partial charge in [-0.05, 0) is 24.1 Å². The average Bonchev–Trinajstić information content (AvgIpc) is 2.51. The number of nitrogens with zero attached hydrogens (tertiary/aromatic N) is 1. The number of fused-ring (bicyclic) bond motifs is 1. The van der Waals surface area contributed by atoms with Crippen molar-refractivity contribution in [3.63, 3.8) is 0 Å². The monoisotopic (exact) mass is 306 g/mol. The summed E-state index contributed by atoms with van der Waals surface area (Å²) in [6, 6.07) is 7.46. The number of rotatable bonds is 6. The fourth-order valence-corrected chi connectivity index (χ4v) is 2.39. The lowest BCUT2D eigenvalue weighted by atomic mass is 10.1. The third-order valence-electron chi connectivity index (χ3n) is 3.46. The van der Waals surface area contributed by atoms with Crippen LogP contribution in [0.5, 0.6) is 0 Å². The van der Waals surface area contributed by atoms with Crippen LogP contribution in [0.1, 0.15) is 30.1 Å². The lowest BCUT2D eigenvalue weighted by Crippen LogP contribution is -2.25. The number of aliphatic hydroxyl groups is 1. The number of hydrogen-bond acceptors (Lipinski definition) is 3. The third kappa shape index (κ3) is 3.93. The topological polar surface area (TPSA) is 62.2 Å². The van der Waals surface area contributed by atoms with Crippen LogP contribution in [0.15, 0.2) is 30.5 Å². The van der Waals surface area contributed by atoms with Crippen molar-refractivity contribution < 1.29 is 9.90 Å². The minimum absolute atomic E-state index is 0.146. The van der Waals surface area contributed by atoms with E-state index in [0.29, 0.717) is 17.3 Å². The lowest BCUT2D eigenvalue weighted by Gasteiger charge is -2.10. The molecule has 1 heterocycles. The fraction of sp³-hybridized carbons (Fsp3) is 0.375. The number of pyridine rings is 1. The van der Waals surface area contributed by atoms with E-state index in [0.717, 1.165) is 23.6 Å². The minimum Gasteiger partial charge on any atom is -0.396 e. The van der Waals surface area contributed by atoms with E-state index in [9.17, 15) is 4.79 Å². The molecule has 0 bridgehead atoms. The van der Waals surface area contributed by atoms with Crippen LogP contribution in [0.2, 0.25) is 5.15 Å². The molecule has 2 N–H and O–H groups in total. The number of benzene rings is 1. The van der Waals surface area contributed by atoms with Crippen LogP contribution in [-0.2, 0) is 0 Å². The second-order valence-electron chi connectivity index (χ2n) is 5.19. The summed E-state index contributed by atoms with van der Waals surface area (Å²) in [5.74, 6) is 0.118. The Bertz CT molecular complexity index is 631. The number of halogens is 1. The van der Waals surface area contributed by atoms with E-state index in [1.165, 1.54) is 6.20 Å². The van der Waals surface area contributed by atoms with Gasteiger partial charge in [0.2, 0.25) is 0 Å². The van der Waals surface area contributed by atoms with Gasteiger partial charge in [0.05, 0.1) is 5.56 Å². The molecule has 1 unspecified atom stereocenters. The molecule has 0 aliphatic rings. The Balaban J connectivity index is 2.05. The summed E-state index contributed by atoms with van der Waals surface area (Å²) >= 11 is 6.04. The first kappa shape index (κ1) is 15.7. The largest absolute Gasteiger partial charge is 0.396 e. The molecule has 112 valence electrons. The molecule has 0 spiro atoms. The van der Waals surface area contributed by atoms with Gasteiger partial charge in [-0.25, -0.2) is 4.98 Å². The molecular weight excluding hydrogens is 288 g/mol. The Hall–Kier alpha value is -1.65. The van der Waals surface area contributed by atoms with Crippen LogP contribution in [-0.4, -0.2) is 29.1 Å². The van der Waals surface area contributed by atoms with Crippen LogP contribution in [0.25, 0.3) is 10.8 Å². The van der Waals surface area contributed by atoms with Crippen molar-refractivity contribution in [2.24, 2.45) is 5.92 Å². The van der Waals surface area contributed by atoms with Gasteiger partial charge in [-0.1, -0.05) is 42.8 Å². The molecule has 1 amide bonds. The fourth-order valence-electron chi connectivity index (χ4n) is 2.18. The van der Waals surface area contributed by atoms with Crippen molar-refractivity contribution in [1.29, 1.82) is 0 Å². The van der Waals surface area contributed by atoms with Crippen LogP contribution in [0.4, 0.5) is 0 Å². The maximum absolute atomic E-state index is 12.2. The third-order valence-corrected chi connectivity index (χ3v) is 3.76. The summed E-state index contributed by atoms with van der Waals surface area (Å²) < 4.78 is 0. The zero-order valence-corrected chi connectivity index (χ0v) is 12.7. The van der Waals surface area contributed by atoms with Crippen LogP contribution in [0.3, 0.4) is 0 Å². The summed E-state index contributed by atoms with van der Waals surface area (Å²) in [6.45, 7) is 2.75. The molecule has 0 radical (unpaired) electrons. The highest BCUT2D eigenvalue weighted by Crippen LogP contribution is 2.24. The maximum Gasteiger partial charge on any atom is 0.253 e. The van der Waals surface area contributed by atoms with Crippen LogP contribution in [0, 0.1) is 5.92 Å². The standard InChI is InChI=1S/C16H19ClN2O2/c1-11(10-20)5-4-8-18-16(21)14-9-19-15(17)13-7-3-2-6-12(13)14/h2-3,6-7,9,11,20H,4-5,8,10H2,1H3,(H,18,21). The summed E-state index contributed by atoms with van der Waals surface area (Å²) in [6.07, 6.45) is 3.24. The smallest absolute Gasteiger partial charge is 0.253 e. The van der Waals surface area contributed by atoms with Crippen molar-refractivity contribution in [1.82, 2.24) is 10.3 Å². The van der Waals surface area contributed by atoms with E-state index in [2.05, 4.69) is 10.3 Å². The molecule has 1 aromatic heterocycles. The molecule has 1 aromatic carbocycles. The summed E-state index contributed by atoms with van der Waals surface area (Å²) in [5, 5.41) is 13.8. The van der Waals surface area contributed by atoms with Gasteiger partial charge in [-0.15, -0.1) is 0 Å². The predicted molar refractivity (Wildman–Crippen MR) is 84.6 cm³/mol. The Morgan fingerprint density at radius 3 is 2.81 bits per heavy atom. The second-order valence-corrected chi connectivity index (χ2v) is 5.55. The Morgan fingerprint density at radius 2 is 2.10 bits per heavy atom. The number of carbonyl (C=O) groups is 1. The Labute approximate surface area is 129 Å². The predicted octanol–water partition coefficient (Wildman–Crippen LogP) is 3.03. The van der Waals surface area contributed by atoms with Gasteiger partial charge in [-0.2, -0.15) is 0 Å². The number of hydrogen-bond donors (Lipinski definition) is 2. The van der Waals surface area contributed by atoms with Crippen molar-refractivity contribution in [3.05, 3.63) is 41.2 Å². The molecule has 0 saturated carbocycles. The van der Waals surface area contributed by atoms with Gasteiger partial charge in [-0.3, -0.25) is 4.79 Å². The number of amides is 1. The molecule has 5 heteroatoms. The highest BCUT2D eigenvalue weighted by Gasteiger charge is 2.12. The van der Waals surface area contributed by atoms with Crippen molar-refractivity contribution in [2.45, 2.75) is 19.8 Å². The highest BCUT2D eigenvalue weighted by atomic mass is 35.5. The molecule has 1 atom stereocenters. The average molecular weight is 307 g/mol. The zero-order valence-electron chi connectivity index (χ0n) is 12.0. The number of aromatic nitrogens is 1. The summed E-state index contributed by atoms with van der Waals surface area (Å²) in [5.41, 5.74) is 0.533. The van der Waals surface area contributed by atoms with Gasteiger partial charge in [0.15, 0.2) is 0 Å². The van der Waals surface area contributed by atoms with Crippen molar-refractivity contribution in [2.75, 3.05) is 13.2 Å². The summed E-state index contributed by atoms with van der Waals surface area (Å²) in [7, 11) is 0. The van der Waals surface area contributed by atoms with Gasteiger partial charge < -0.3 is 10.4 Å². The van der Waals surface area contributed by atoms with Crippen molar-refractivity contribution >= 4 is 28.3 Å². The molecule has 21 heavy (non-hydrogen) atoms. The number of carbonyl (C=O) groups excluding carboxylic acids is 1. The maximum atomic E-state index is 12.2. The Kier molecular flexibility index (Phi) is 5.53. The normalized spacial score (nSPS) is 12.3. The number of nitrogens with one attached hydrogen (secondary N) is 1. The first-order chi connectivity index (χ1) is 10.1. The lowest BCUT2D eigenvalue weighted by molar-refractivity contribution is 0.0953. The number of aliphatic hydroxyl groups excluding tert-OH is 1. The highest BCUT2D eigenvalue weighted by molar-refractivity contribution is 6.34. The van der Waals surface area contributed by atoms with E-state index >= 15 is 0 Å². The molecule has 0 fully saturated rings. The first-order valence-corrected chi connectivity index (χ1v) is 7.43. The molecule has 0 aliphatic heterocycles. The molecule has 2 aromatic rings. The van der Waals surface area contributed by atoms with Crippen molar-refractivity contribution in [3.8, 4) is 0 Å². The zero-order chi connectivity index (χ0) is 15.2. The van der Waals surface area contributed by atoms with E-state index in [1.807, 2.05) is 31.2 Å². The molecular formula is C16H19ClN2O2. The SMILES string of the molecule is CC(CO)CCCNC(=O)c1cnc(Cl)c2ccccc12. The molecule has 4 nitrogen and oxygen atoms in total. The van der Waals surface area contributed by atoms with E-state index in [1.54, 1.807) is 0 Å². The summed E-state index contributed by atoms with van der Waals surface area (Å²) in [4.78, 5) is 16.3. The van der Waals surface area contributed by atoms with Gasteiger partial charge in [0, 0.05) is 24.7 Å². The molecule has 0 saturated heterocycles. The molecule has 2 rings (SSSR count). The first-order valence-electron chi connectivity index (χ1n) is 7.05. The van der Waals surface area contributed by atoms with Crippen LogP contribution < -0.4 is 5.32 Å². The van der Waals surface area contributed by atoms with E-state index < -0.39 is 0 Å². The van der Waals surface area contributed by atoms with E-state index in [4.69, 9.17) is 16.7 Å². The Morgan fingerprint density at radius 1 is 1.38 bits per heavy atom. The van der Waals surface area contributed by atoms with Crippen LogP contribution >= 0.6 is 11.6 Å². The minimum atomic E-state index is -0.146. The van der Waals surface area contributed by atoms with Gasteiger partial charge in [0.1, 0.15) is 5.15 Å². The molecule has 0 aliphatic carbocycles. The second kappa shape index (κ2) is 7.38. The van der Waals surface area contributed by atoms with Gasteiger partial charge in [0.25, 0.3) is 5.91 Å². The van der Waals surface area contributed by atoms with E-state index in [-0.39, 0.29) is 18.4 Å². The van der Waals surface area contributed by atoms with Gasteiger partial charge >= 0.3 is 0 Å².